The van der Waals surface area contributed by atoms with Gasteiger partial charge in [0.25, 0.3) is 17.3 Å². The summed E-state index contributed by atoms with van der Waals surface area (Å²) in [5.41, 5.74) is -0.142. The Morgan fingerprint density at radius 2 is 1.72 bits per heavy atom. The Hall–Kier alpha value is -3.00. The van der Waals surface area contributed by atoms with Crippen molar-refractivity contribution in [2.75, 3.05) is 7.05 Å². The van der Waals surface area contributed by atoms with Gasteiger partial charge in [0.2, 0.25) is 0 Å². The molecule has 0 bridgehead atoms. The molecule has 9 heteroatoms. The minimum absolute atomic E-state index is 0.0719. The quantitative estimate of drug-likeness (QED) is 0.594. The van der Waals surface area contributed by atoms with Crippen molar-refractivity contribution in [1.29, 1.82) is 0 Å². The van der Waals surface area contributed by atoms with E-state index in [1.807, 2.05) is 0 Å². The number of hydrogen-bond acceptors (Lipinski definition) is 5. The van der Waals surface area contributed by atoms with Gasteiger partial charge in [-0.05, 0) is 24.6 Å². The second-order valence-corrected chi connectivity index (χ2v) is 5.88. The fourth-order valence-corrected chi connectivity index (χ4v) is 2.47. The van der Waals surface area contributed by atoms with E-state index in [1.165, 1.54) is 18.9 Å². The Labute approximate surface area is 147 Å². The zero-order valence-corrected chi connectivity index (χ0v) is 14.2. The standard InChI is InChI=1S/C16H14ClN3O5/c1-10-14(7-13(19(22)23)8-15(10)20(24)25)16(21)18(2)9-11-3-5-12(17)6-4-11/h3-8H,9H2,1-2H3. The SMILES string of the molecule is Cc1c(C(=O)N(C)Cc2ccc(Cl)cc2)cc([N+](=O)[O-])cc1[N+](=O)[O-]. The molecule has 1 amide bonds. The number of benzene rings is 2. The van der Waals surface area contributed by atoms with Crippen molar-refractivity contribution in [3.05, 3.63) is 78.3 Å². The Balaban J connectivity index is 2.38. The number of hydrogen-bond donors (Lipinski definition) is 0. The highest BCUT2D eigenvalue weighted by Crippen LogP contribution is 2.29. The molecule has 0 saturated carbocycles. The summed E-state index contributed by atoms with van der Waals surface area (Å²) in [6, 6.07) is 8.76. The molecule has 0 aliphatic heterocycles. The van der Waals surface area contributed by atoms with Crippen LogP contribution in [0.25, 0.3) is 0 Å². The maximum atomic E-state index is 12.6. The molecule has 0 fully saturated rings. The van der Waals surface area contributed by atoms with Gasteiger partial charge in [-0.2, -0.15) is 0 Å². The summed E-state index contributed by atoms with van der Waals surface area (Å²) in [7, 11) is 1.51. The lowest BCUT2D eigenvalue weighted by atomic mass is 10.0. The van der Waals surface area contributed by atoms with Gasteiger partial charge < -0.3 is 4.90 Å². The summed E-state index contributed by atoms with van der Waals surface area (Å²) in [4.78, 5) is 34.6. The molecule has 0 spiro atoms. The monoisotopic (exact) mass is 363 g/mol. The van der Waals surface area contributed by atoms with Crippen LogP contribution in [0.5, 0.6) is 0 Å². The zero-order valence-electron chi connectivity index (χ0n) is 13.4. The van der Waals surface area contributed by atoms with Crippen molar-refractivity contribution >= 4 is 28.9 Å². The van der Waals surface area contributed by atoms with E-state index >= 15 is 0 Å². The number of nitro groups is 2. The Morgan fingerprint density at radius 1 is 1.12 bits per heavy atom. The van der Waals surface area contributed by atoms with Crippen LogP contribution in [0.15, 0.2) is 36.4 Å². The van der Waals surface area contributed by atoms with Crippen LogP contribution in [0.2, 0.25) is 5.02 Å². The fourth-order valence-electron chi connectivity index (χ4n) is 2.34. The molecule has 0 heterocycles. The summed E-state index contributed by atoms with van der Waals surface area (Å²) in [5.74, 6) is -0.542. The van der Waals surface area contributed by atoms with Crippen molar-refractivity contribution in [1.82, 2.24) is 4.90 Å². The smallest absolute Gasteiger partial charge is 0.279 e. The number of amides is 1. The molecule has 0 N–H and O–H groups in total. The lowest BCUT2D eigenvalue weighted by molar-refractivity contribution is -0.394. The molecule has 0 aliphatic carbocycles. The van der Waals surface area contributed by atoms with Gasteiger partial charge in [0.15, 0.2) is 0 Å². The molecule has 0 atom stereocenters. The van der Waals surface area contributed by atoms with E-state index in [-0.39, 0.29) is 17.7 Å². The van der Waals surface area contributed by atoms with Crippen molar-refractivity contribution in [2.24, 2.45) is 0 Å². The minimum atomic E-state index is -0.761. The Morgan fingerprint density at radius 3 is 2.24 bits per heavy atom. The molecule has 2 aromatic carbocycles. The van der Waals surface area contributed by atoms with Gasteiger partial charge in [0, 0.05) is 30.2 Å². The molecule has 25 heavy (non-hydrogen) atoms. The number of carbonyl (C=O) groups is 1. The van der Waals surface area contributed by atoms with Gasteiger partial charge in [-0.1, -0.05) is 23.7 Å². The lowest BCUT2D eigenvalue weighted by Crippen LogP contribution is -2.27. The van der Waals surface area contributed by atoms with E-state index in [1.54, 1.807) is 24.3 Å². The third-order valence-electron chi connectivity index (χ3n) is 3.68. The van der Waals surface area contributed by atoms with Gasteiger partial charge in [-0.15, -0.1) is 0 Å². The zero-order chi connectivity index (χ0) is 18.7. The molecule has 0 radical (unpaired) electrons. The lowest BCUT2D eigenvalue weighted by Gasteiger charge is -2.18. The number of nitrogens with zero attached hydrogens (tertiary/aromatic N) is 3. The van der Waals surface area contributed by atoms with Crippen LogP contribution in [0, 0.1) is 27.2 Å². The van der Waals surface area contributed by atoms with Gasteiger partial charge >= 0.3 is 0 Å². The largest absolute Gasteiger partial charge is 0.337 e. The molecule has 2 aromatic rings. The van der Waals surface area contributed by atoms with Crippen LogP contribution in [0.3, 0.4) is 0 Å². The predicted octanol–water partition coefficient (Wildman–Crippen LogP) is 3.74. The first kappa shape index (κ1) is 18.3. The molecule has 0 unspecified atom stereocenters. The minimum Gasteiger partial charge on any atom is -0.337 e. The first-order chi connectivity index (χ1) is 11.7. The van der Waals surface area contributed by atoms with E-state index in [0.29, 0.717) is 5.02 Å². The van der Waals surface area contributed by atoms with Crippen molar-refractivity contribution < 1.29 is 14.6 Å². The summed E-state index contributed by atoms with van der Waals surface area (Å²) in [6.07, 6.45) is 0. The predicted molar refractivity (Wildman–Crippen MR) is 91.7 cm³/mol. The Kier molecular flexibility index (Phi) is 5.33. The summed E-state index contributed by atoms with van der Waals surface area (Å²) >= 11 is 5.81. The fraction of sp³-hybridized carbons (Fsp3) is 0.188. The number of non-ortho nitro benzene ring substituents is 1. The van der Waals surface area contributed by atoms with Crippen LogP contribution in [0.1, 0.15) is 21.5 Å². The van der Waals surface area contributed by atoms with Crippen LogP contribution in [-0.4, -0.2) is 27.7 Å². The molecule has 0 aliphatic rings. The van der Waals surface area contributed by atoms with E-state index < -0.39 is 27.1 Å². The van der Waals surface area contributed by atoms with Gasteiger partial charge in [-0.3, -0.25) is 25.0 Å². The summed E-state index contributed by atoms with van der Waals surface area (Å²) in [6.45, 7) is 1.62. The molecule has 0 aromatic heterocycles. The summed E-state index contributed by atoms with van der Waals surface area (Å²) < 4.78 is 0. The molecule has 130 valence electrons. The summed E-state index contributed by atoms with van der Waals surface area (Å²) in [5, 5.41) is 22.7. The first-order valence-electron chi connectivity index (χ1n) is 7.14. The molecular formula is C16H14ClN3O5. The number of rotatable bonds is 5. The van der Waals surface area contributed by atoms with E-state index in [0.717, 1.165) is 17.7 Å². The van der Waals surface area contributed by atoms with Crippen molar-refractivity contribution in [3.8, 4) is 0 Å². The highest BCUT2D eigenvalue weighted by atomic mass is 35.5. The van der Waals surface area contributed by atoms with Crippen LogP contribution < -0.4 is 0 Å². The van der Waals surface area contributed by atoms with Crippen LogP contribution in [-0.2, 0) is 6.54 Å². The highest BCUT2D eigenvalue weighted by molar-refractivity contribution is 6.30. The normalized spacial score (nSPS) is 10.4. The molecular weight excluding hydrogens is 350 g/mol. The van der Waals surface area contributed by atoms with Crippen LogP contribution in [0.4, 0.5) is 11.4 Å². The third-order valence-corrected chi connectivity index (χ3v) is 3.93. The maximum absolute atomic E-state index is 12.6. The van der Waals surface area contributed by atoms with Crippen molar-refractivity contribution in [3.63, 3.8) is 0 Å². The number of carbonyl (C=O) groups excluding carboxylic acids is 1. The van der Waals surface area contributed by atoms with E-state index in [9.17, 15) is 25.0 Å². The second-order valence-electron chi connectivity index (χ2n) is 5.44. The van der Waals surface area contributed by atoms with E-state index in [4.69, 9.17) is 11.6 Å². The maximum Gasteiger partial charge on any atom is 0.279 e. The van der Waals surface area contributed by atoms with Gasteiger partial charge in [0.05, 0.1) is 21.5 Å². The van der Waals surface area contributed by atoms with Crippen LogP contribution >= 0.6 is 11.6 Å². The third kappa shape index (κ3) is 4.10. The van der Waals surface area contributed by atoms with Gasteiger partial charge in [0.1, 0.15) is 0 Å². The molecule has 8 nitrogen and oxygen atoms in total. The second kappa shape index (κ2) is 7.27. The number of nitro benzene ring substituents is 2. The molecule has 0 saturated heterocycles. The van der Waals surface area contributed by atoms with E-state index in [2.05, 4.69) is 0 Å². The Bertz CT molecular complexity index is 852. The average Bonchev–Trinajstić information content (AvgIpc) is 2.56. The van der Waals surface area contributed by atoms with Crippen molar-refractivity contribution in [2.45, 2.75) is 13.5 Å². The number of halogens is 1. The van der Waals surface area contributed by atoms with Gasteiger partial charge in [-0.25, -0.2) is 0 Å². The average molecular weight is 364 g/mol. The first-order valence-corrected chi connectivity index (χ1v) is 7.52. The molecule has 2 rings (SSSR count). The highest BCUT2D eigenvalue weighted by Gasteiger charge is 2.26. The topological polar surface area (TPSA) is 107 Å².